The van der Waals surface area contributed by atoms with Crippen molar-refractivity contribution in [3.8, 4) is 5.82 Å². The molecule has 0 bridgehead atoms. The Bertz CT molecular complexity index is 979. The SMILES string of the molecule is CCc1ccc[n+](-c2[nH]c(=O)sc2C=NNC(=S)Nc2ccccc2)c1. The zero-order valence-electron chi connectivity index (χ0n) is 14.1. The standard InChI is InChI=1S/C18H17N5OS2/c1-2-13-7-6-10-23(12-13)16-15(26-18(24)21-16)11-19-22-17(25)20-14-8-4-3-5-9-14/h3-12H,2H2,1H3,(H2-,19,20,21,22,24,25)/p+1. The number of benzene rings is 1. The summed E-state index contributed by atoms with van der Waals surface area (Å²) >= 11 is 6.30. The van der Waals surface area contributed by atoms with Gasteiger partial charge in [-0.3, -0.25) is 5.43 Å². The van der Waals surface area contributed by atoms with Gasteiger partial charge in [0.2, 0.25) is 0 Å². The van der Waals surface area contributed by atoms with E-state index in [-0.39, 0.29) is 4.87 Å². The van der Waals surface area contributed by atoms with E-state index in [1.165, 1.54) is 5.56 Å². The van der Waals surface area contributed by atoms with Crippen molar-refractivity contribution in [3.63, 3.8) is 0 Å². The van der Waals surface area contributed by atoms with Crippen LogP contribution < -0.4 is 20.2 Å². The van der Waals surface area contributed by atoms with Crippen molar-refractivity contribution in [2.45, 2.75) is 13.3 Å². The van der Waals surface area contributed by atoms with Crippen LogP contribution in [0, 0.1) is 0 Å². The molecule has 0 aliphatic carbocycles. The highest BCUT2D eigenvalue weighted by atomic mass is 32.1. The molecule has 0 saturated heterocycles. The van der Waals surface area contributed by atoms with E-state index in [9.17, 15) is 4.79 Å². The van der Waals surface area contributed by atoms with E-state index >= 15 is 0 Å². The van der Waals surface area contributed by atoms with Gasteiger partial charge in [0.15, 0.2) is 5.11 Å². The van der Waals surface area contributed by atoms with E-state index in [4.69, 9.17) is 12.2 Å². The third-order valence-electron chi connectivity index (χ3n) is 3.56. The summed E-state index contributed by atoms with van der Waals surface area (Å²) in [5.74, 6) is 0.683. The molecule has 3 rings (SSSR count). The van der Waals surface area contributed by atoms with E-state index in [0.717, 1.165) is 23.4 Å². The molecule has 0 fully saturated rings. The fourth-order valence-corrected chi connectivity index (χ4v) is 3.19. The Labute approximate surface area is 160 Å². The molecule has 0 saturated carbocycles. The van der Waals surface area contributed by atoms with Gasteiger partial charge in [0.25, 0.3) is 0 Å². The monoisotopic (exact) mass is 384 g/mol. The lowest BCUT2D eigenvalue weighted by Crippen LogP contribution is -2.32. The molecular formula is C18H18N5OS2+. The normalized spacial score (nSPS) is 10.8. The van der Waals surface area contributed by atoms with E-state index in [1.807, 2.05) is 59.4 Å². The van der Waals surface area contributed by atoms with Crippen LogP contribution in [0.2, 0.25) is 0 Å². The molecule has 3 N–H and O–H groups in total. The number of hydrazone groups is 1. The highest BCUT2D eigenvalue weighted by molar-refractivity contribution is 7.80. The molecule has 2 aromatic heterocycles. The van der Waals surface area contributed by atoms with Crippen LogP contribution in [0.25, 0.3) is 5.82 Å². The zero-order chi connectivity index (χ0) is 18.4. The summed E-state index contributed by atoms with van der Waals surface area (Å²) in [6.45, 7) is 2.09. The van der Waals surface area contributed by atoms with Crippen LogP contribution in [0.1, 0.15) is 17.4 Å². The maximum atomic E-state index is 11.8. The second kappa shape index (κ2) is 8.50. The van der Waals surface area contributed by atoms with Crippen LogP contribution in [-0.2, 0) is 6.42 Å². The van der Waals surface area contributed by atoms with Crippen LogP contribution >= 0.6 is 23.6 Å². The number of aromatic amines is 1. The minimum atomic E-state index is -0.138. The number of nitrogens with zero attached hydrogens (tertiary/aromatic N) is 2. The zero-order valence-corrected chi connectivity index (χ0v) is 15.7. The minimum Gasteiger partial charge on any atom is -0.331 e. The number of thiocarbonyl (C=S) groups is 1. The quantitative estimate of drug-likeness (QED) is 0.274. The molecule has 6 nitrogen and oxygen atoms in total. The van der Waals surface area contributed by atoms with Crippen LogP contribution in [0.5, 0.6) is 0 Å². The van der Waals surface area contributed by atoms with Crippen molar-refractivity contribution in [3.05, 3.63) is 75.0 Å². The van der Waals surface area contributed by atoms with Crippen LogP contribution in [0.15, 0.2) is 64.8 Å². The number of para-hydroxylation sites is 1. The Hall–Kier alpha value is -2.84. The first-order valence-electron chi connectivity index (χ1n) is 8.04. The average molecular weight is 385 g/mol. The molecule has 3 aromatic rings. The molecule has 0 radical (unpaired) electrons. The topological polar surface area (TPSA) is 73.2 Å². The summed E-state index contributed by atoms with van der Waals surface area (Å²) in [5.41, 5.74) is 4.81. The lowest BCUT2D eigenvalue weighted by Gasteiger charge is -2.05. The average Bonchev–Trinajstić information content (AvgIpc) is 3.03. The lowest BCUT2D eigenvalue weighted by molar-refractivity contribution is -0.599. The fourth-order valence-electron chi connectivity index (χ4n) is 2.31. The molecule has 0 aliphatic heterocycles. The predicted molar refractivity (Wildman–Crippen MR) is 109 cm³/mol. The fraction of sp³-hybridized carbons (Fsp3) is 0.111. The van der Waals surface area contributed by atoms with Gasteiger partial charge in [-0.2, -0.15) is 10.1 Å². The second-order valence-corrected chi connectivity index (χ2v) is 6.81. The first-order valence-corrected chi connectivity index (χ1v) is 9.27. The van der Waals surface area contributed by atoms with Crippen molar-refractivity contribution in [2.75, 3.05) is 5.32 Å². The van der Waals surface area contributed by atoms with Gasteiger partial charge < -0.3 is 5.32 Å². The van der Waals surface area contributed by atoms with Gasteiger partial charge in [0.05, 0.1) is 18.6 Å². The molecule has 0 amide bonds. The highest BCUT2D eigenvalue weighted by Crippen LogP contribution is 2.07. The Morgan fingerprint density at radius 1 is 1.31 bits per heavy atom. The van der Waals surface area contributed by atoms with Gasteiger partial charge in [-0.1, -0.05) is 31.2 Å². The number of aromatic nitrogens is 2. The maximum absolute atomic E-state index is 11.8. The van der Waals surface area contributed by atoms with Gasteiger partial charge in [-0.05, 0) is 53.7 Å². The van der Waals surface area contributed by atoms with Crippen molar-refractivity contribution in [1.29, 1.82) is 0 Å². The molecule has 0 spiro atoms. The van der Waals surface area contributed by atoms with Gasteiger partial charge in [0, 0.05) is 5.69 Å². The Morgan fingerprint density at radius 3 is 2.88 bits per heavy atom. The number of aryl methyl sites for hydroxylation is 1. The number of hydrogen-bond donors (Lipinski definition) is 3. The van der Waals surface area contributed by atoms with E-state index in [2.05, 4.69) is 27.8 Å². The van der Waals surface area contributed by atoms with Crippen LogP contribution in [0.3, 0.4) is 0 Å². The number of H-pyrrole nitrogens is 1. The van der Waals surface area contributed by atoms with Crippen LogP contribution in [-0.4, -0.2) is 16.3 Å². The minimum absolute atomic E-state index is 0.138. The number of hydrogen-bond acceptors (Lipinski definition) is 4. The first kappa shape index (κ1) is 18.0. The molecule has 26 heavy (non-hydrogen) atoms. The van der Waals surface area contributed by atoms with E-state index in [0.29, 0.717) is 15.8 Å². The number of thiazole rings is 1. The smallest absolute Gasteiger partial charge is 0.331 e. The third kappa shape index (κ3) is 4.62. The molecular weight excluding hydrogens is 366 g/mol. The molecule has 132 valence electrons. The Balaban J connectivity index is 1.73. The summed E-state index contributed by atoms with van der Waals surface area (Å²) in [7, 11) is 0. The van der Waals surface area contributed by atoms with Crippen molar-refractivity contribution in [2.24, 2.45) is 5.10 Å². The molecule has 1 aromatic carbocycles. The van der Waals surface area contributed by atoms with Crippen molar-refractivity contribution >= 4 is 40.6 Å². The summed E-state index contributed by atoms with van der Waals surface area (Å²) in [5, 5.41) is 7.54. The highest BCUT2D eigenvalue weighted by Gasteiger charge is 2.16. The summed E-state index contributed by atoms with van der Waals surface area (Å²) in [6.07, 6.45) is 6.38. The van der Waals surface area contributed by atoms with Gasteiger partial charge in [0.1, 0.15) is 4.88 Å². The second-order valence-electron chi connectivity index (χ2n) is 5.39. The van der Waals surface area contributed by atoms with Gasteiger partial charge in [-0.15, -0.1) is 0 Å². The summed E-state index contributed by atoms with van der Waals surface area (Å²) in [4.78, 5) is 15.2. The van der Waals surface area contributed by atoms with Crippen molar-refractivity contribution in [1.82, 2.24) is 10.4 Å². The number of rotatable bonds is 5. The molecule has 0 unspecified atom stereocenters. The summed E-state index contributed by atoms with van der Waals surface area (Å²) in [6, 6.07) is 13.6. The van der Waals surface area contributed by atoms with E-state index < -0.39 is 0 Å². The molecule has 8 heteroatoms. The number of pyridine rings is 1. The summed E-state index contributed by atoms with van der Waals surface area (Å²) < 4.78 is 1.89. The largest absolute Gasteiger partial charge is 0.390 e. The molecule has 0 aliphatic rings. The van der Waals surface area contributed by atoms with E-state index in [1.54, 1.807) is 6.21 Å². The van der Waals surface area contributed by atoms with Gasteiger partial charge in [-0.25, -0.2) is 9.36 Å². The lowest BCUT2D eigenvalue weighted by atomic mass is 10.2. The molecule has 2 heterocycles. The Morgan fingerprint density at radius 2 is 2.12 bits per heavy atom. The van der Waals surface area contributed by atoms with Gasteiger partial charge >= 0.3 is 10.7 Å². The van der Waals surface area contributed by atoms with Crippen LogP contribution in [0.4, 0.5) is 5.69 Å². The van der Waals surface area contributed by atoms with Crippen molar-refractivity contribution < 1.29 is 4.57 Å². The first-order chi connectivity index (χ1) is 12.7. The number of nitrogens with one attached hydrogen (secondary N) is 3. The predicted octanol–water partition coefficient (Wildman–Crippen LogP) is 2.60. The maximum Gasteiger partial charge on any atom is 0.390 e. The third-order valence-corrected chi connectivity index (χ3v) is 4.56. The molecule has 0 atom stereocenters. The Kier molecular flexibility index (Phi) is 5.88. The number of anilines is 1.